The van der Waals surface area contributed by atoms with Crippen molar-refractivity contribution in [3.8, 4) is 5.75 Å². The Labute approximate surface area is 156 Å². The normalized spacial score (nSPS) is 14.5. The maximum atomic E-state index is 6.14. The lowest BCUT2D eigenvalue weighted by Gasteiger charge is -2.20. The van der Waals surface area contributed by atoms with Crippen molar-refractivity contribution in [1.82, 2.24) is 5.32 Å². The number of halogens is 1. The Balaban J connectivity index is 0.00000208. The molecule has 0 fully saturated rings. The van der Waals surface area contributed by atoms with E-state index < -0.39 is 0 Å². The lowest BCUT2D eigenvalue weighted by atomic mass is 9.92. The predicted molar refractivity (Wildman–Crippen MR) is 106 cm³/mol. The Morgan fingerprint density at radius 1 is 1.17 bits per heavy atom. The largest absolute Gasteiger partial charge is 0.493 e. The smallest absolute Gasteiger partial charge is 0.119 e. The van der Waals surface area contributed by atoms with E-state index in [0.717, 1.165) is 31.9 Å². The summed E-state index contributed by atoms with van der Waals surface area (Å²) in [6.45, 7) is 4.96. The van der Waals surface area contributed by atoms with Crippen LogP contribution in [0.3, 0.4) is 0 Å². The van der Waals surface area contributed by atoms with Crippen molar-refractivity contribution in [2.45, 2.75) is 39.0 Å². The molecule has 4 heteroatoms. The van der Waals surface area contributed by atoms with E-state index in [0.29, 0.717) is 5.92 Å². The molecule has 132 valence electrons. The average Bonchev–Trinajstić information content (AvgIpc) is 3.10. The third-order valence-electron chi connectivity index (χ3n) is 4.59. The third-order valence-corrected chi connectivity index (χ3v) is 5.33. The zero-order valence-electron chi connectivity index (χ0n) is 14.4. The van der Waals surface area contributed by atoms with Crippen molar-refractivity contribution < 1.29 is 4.74 Å². The summed E-state index contributed by atoms with van der Waals surface area (Å²) in [5.74, 6) is 1.55. The molecule has 0 saturated heterocycles. The van der Waals surface area contributed by atoms with Crippen LogP contribution in [-0.2, 0) is 19.3 Å². The van der Waals surface area contributed by atoms with Crippen LogP contribution in [0.4, 0.5) is 0 Å². The minimum absolute atomic E-state index is 0. The Morgan fingerprint density at radius 2 is 2.00 bits per heavy atom. The summed E-state index contributed by atoms with van der Waals surface area (Å²) in [4.78, 5) is 0. The van der Waals surface area contributed by atoms with Gasteiger partial charge in [0.2, 0.25) is 0 Å². The van der Waals surface area contributed by atoms with Crippen LogP contribution in [0.5, 0.6) is 5.75 Å². The van der Waals surface area contributed by atoms with Crippen LogP contribution in [0, 0.1) is 5.92 Å². The van der Waals surface area contributed by atoms with E-state index in [4.69, 9.17) is 4.74 Å². The highest BCUT2D eigenvalue weighted by Crippen LogP contribution is 2.25. The van der Waals surface area contributed by atoms with Crippen molar-refractivity contribution in [3.05, 3.63) is 51.7 Å². The molecule has 1 unspecified atom stereocenters. The second-order valence-electron chi connectivity index (χ2n) is 6.46. The van der Waals surface area contributed by atoms with Crippen LogP contribution in [0.25, 0.3) is 0 Å². The molecule has 0 amide bonds. The Morgan fingerprint density at radius 3 is 2.75 bits per heavy atom. The van der Waals surface area contributed by atoms with E-state index >= 15 is 0 Å². The van der Waals surface area contributed by atoms with E-state index in [1.54, 1.807) is 11.3 Å². The fourth-order valence-corrected chi connectivity index (χ4v) is 3.98. The van der Waals surface area contributed by atoms with Crippen LogP contribution in [0.2, 0.25) is 0 Å². The quantitative estimate of drug-likeness (QED) is 0.718. The second-order valence-corrected chi connectivity index (χ2v) is 7.24. The fraction of sp³-hybridized carbons (Fsp3) is 0.500. The van der Waals surface area contributed by atoms with Gasteiger partial charge in [-0.2, -0.15) is 11.3 Å². The van der Waals surface area contributed by atoms with Gasteiger partial charge in [-0.1, -0.05) is 13.0 Å². The number of hydrogen-bond acceptors (Lipinski definition) is 3. The van der Waals surface area contributed by atoms with E-state index in [-0.39, 0.29) is 12.4 Å². The summed E-state index contributed by atoms with van der Waals surface area (Å²) in [6.07, 6.45) is 6.18. The minimum Gasteiger partial charge on any atom is -0.493 e. The third kappa shape index (κ3) is 5.51. The first kappa shape index (κ1) is 19.3. The molecule has 0 bridgehead atoms. The molecule has 2 nitrogen and oxygen atoms in total. The molecule has 1 N–H and O–H groups in total. The number of hydrogen-bond donors (Lipinski definition) is 1. The fourth-order valence-electron chi connectivity index (χ4n) is 3.29. The van der Waals surface area contributed by atoms with Gasteiger partial charge in [0.05, 0.1) is 6.61 Å². The molecule has 0 spiro atoms. The van der Waals surface area contributed by atoms with Crippen LogP contribution >= 0.6 is 23.7 Å². The molecule has 1 heterocycles. The second kappa shape index (κ2) is 10.1. The first-order valence-corrected chi connectivity index (χ1v) is 9.76. The first-order valence-electron chi connectivity index (χ1n) is 8.81. The summed E-state index contributed by atoms with van der Waals surface area (Å²) in [7, 11) is 0. The van der Waals surface area contributed by atoms with Gasteiger partial charge in [-0.05, 0) is 84.3 Å². The summed E-state index contributed by atoms with van der Waals surface area (Å²) < 4.78 is 6.14. The molecule has 1 aliphatic rings. The molecule has 1 aliphatic carbocycles. The molecule has 1 atom stereocenters. The van der Waals surface area contributed by atoms with Gasteiger partial charge in [0, 0.05) is 12.5 Å². The molecular formula is C20H28ClNOS. The number of nitrogens with one attached hydrogen (secondary N) is 1. The lowest BCUT2D eigenvalue weighted by molar-refractivity contribution is 0.243. The van der Waals surface area contributed by atoms with Gasteiger partial charge in [-0.25, -0.2) is 0 Å². The number of fused-ring (bicyclic) bond motifs is 1. The standard InChI is InChI=1S/C20H27NOS.ClH/c1-2-21-13-17(11-16-9-10-23-15-16)14-22-20-8-7-18-5-3-4-6-19(18)12-20;/h7-10,12,15,17,21H,2-6,11,13-14H2,1H3;1H. The predicted octanol–water partition coefficient (Wildman–Crippen LogP) is 4.90. The van der Waals surface area contributed by atoms with Gasteiger partial charge in [0.15, 0.2) is 0 Å². The van der Waals surface area contributed by atoms with Crippen molar-refractivity contribution in [2.24, 2.45) is 5.92 Å². The average molecular weight is 366 g/mol. The van der Waals surface area contributed by atoms with Crippen molar-refractivity contribution in [2.75, 3.05) is 19.7 Å². The van der Waals surface area contributed by atoms with Gasteiger partial charge in [0.25, 0.3) is 0 Å². The van der Waals surface area contributed by atoms with Crippen LogP contribution in [-0.4, -0.2) is 19.7 Å². The molecule has 0 saturated carbocycles. The van der Waals surface area contributed by atoms with Crippen LogP contribution in [0.15, 0.2) is 35.0 Å². The van der Waals surface area contributed by atoms with Crippen LogP contribution in [0.1, 0.15) is 36.5 Å². The van der Waals surface area contributed by atoms with E-state index in [1.807, 2.05) is 0 Å². The maximum Gasteiger partial charge on any atom is 0.119 e. The summed E-state index contributed by atoms with van der Waals surface area (Å²) in [5.41, 5.74) is 4.44. The van der Waals surface area contributed by atoms with Crippen molar-refractivity contribution in [1.29, 1.82) is 0 Å². The summed E-state index contributed by atoms with van der Waals surface area (Å²) >= 11 is 1.77. The van der Waals surface area contributed by atoms with Gasteiger partial charge in [-0.15, -0.1) is 12.4 Å². The molecular weight excluding hydrogens is 338 g/mol. The molecule has 3 rings (SSSR count). The highest BCUT2D eigenvalue weighted by atomic mass is 35.5. The SMILES string of the molecule is CCNCC(COc1ccc2c(c1)CCCC2)Cc1ccsc1.Cl. The molecule has 24 heavy (non-hydrogen) atoms. The molecule has 2 aromatic rings. The molecule has 1 aromatic carbocycles. The Hall–Kier alpha value is -1.03. The van der Waals surface area contributed by atoms with E-state index in [9.17, 15) is 0 Å². The highest BCUT2D eigenvalue weighted by molar-refractivity contribution is 7.07. The number of benzene rings is 1. The molecule has 1 aromatic heterocycles. The van der Waals surface area contributed by atoms with Crippen molar-refractivity contribution in [3.63, 3.8) is 0 Å². The summed E-state index contributed by atoms with van der Waals surface area (Å²) in [5, 5.41) is 7.87. The van der Waals surface area contributed by atoms with Gasteiger partial charge < -0.3 is 10.1 Å². The van der Waals surface area contributed by atoms with Crippen molar-refractivity contribution >= 4 is 23.7 Å². The summed E-state index contributed by atoms with van der Waals surface area (Å²) in [6, 6.07) is 8.91. The number of aryl methyl sites for hydroxylation is 2. The number of rotatable bonds is 8. The number of thiophene rings is 1. The molecule has 0 radical (unpaired) electrons. The highest BCUT2D eigenvalue weighted by Gasteiger charge is 2.13. The van der Waals surface area contributed by atoms with Gasteiger partial charge in [-0.3, -0.25) is 0 Å². The topological polar surface area (TPSA) is 21.3 Å². The monoisotopic (exact) mass is 365 g/mol. The first-order chi connectivity index (χ1) is 11.3. The van der Waals surface area contributed by atoms with E-state index in [1.165, 1.54) is 42.4 Å². The molecule has 0 aliphatic heterocycles. The minimum atomic E-state index is 0. The zero-order chi connectivity index (χ0) is 15.9. The van der Waals surface area contributed by atoms with Gasteiger partial charge in [0.1, 0.15) is 5.75 Å². The number of ether oxygens (including phenoxy) is 1. The van der Waals surface area contributed by atoms with E-state index in [2.05, 4.69) is 47.3 Å². The Bertz CT molecular complexity index is 600. The Kier molecular flexibility index (Phi) is 8.10. The van der Waals surface area contributed by atoms with Gasteiger partial charge >= 0.3 is 0 Å². The zero-order valence-corrected chi connectivity index (χ0v) is 16.1. The van der Waals surface area contributed by atoms with Crippen LogP contribution < -0.4 is 10.1 Å². The maximum absolute atomic E-state index is 6.14. The lowest BCUT2D eigenvalue weighted by Crippen LogP contribution is -2.28.